The van der Waals surface area contributed by atoms with Gasteiger partial charge in [0.2, 0.25) is 0 Å². The Morgan fingerprint density at radius 1 is 1.22 bits per heavy atom. The second-order valence-electron chi connectivity index (χ2n) is 6.86. The molecule has 1 aliphatic carbocycles. The molecule has 0 aliphatic heterocycles. The number of hydrogen-bond donors (Lipinski definition) is 0. The summed E-state index contributed by atoms with van der Waals surface area (Å²) in [6, 6.07) is 9.42. The normalized spacial score (nSPS) is 15.6. The SMILES string of the molecule is COC(=O)c1cc2c(cc1F)[C@H](N(C(=O)c1ccccc1Cl)C(C)C)CC2. The highest BCUT2D eigenvalue weighted by Gasteiger charge is 2.35. The lowest BCUT2D eigenvalue weighted by Gasteiger charge is -2.34. The first-order valence-electron chi connectivity index (χ1n) is 8.83. The third kappa shape index (κ3) is 3.56. The van der Waals surface area contributed by atoms with Crippen molar-refractivity contribution in [2.24, 2.45) is 0 Å². The molecule has 0 heterocycles. The molecule has 0 radical (unpaired) electrons. The van der Waals surface area contributed by atoms with Crippen LogP contribution in [0.3, 0.4) is 0 Å². The molecule has 3 rings (SSSR count). The number of aryl methyl sites for hydroxylation is 1. The Hall–Kier alpha value is -2.40. The van der Waals surface area contributed by atoms with Gasteiger partial charge in [0.1, 0.15) is 5.82 Å². The molecule has 2 aromatic rings. The summed E-state index contributed by atoms with van der Waals surface area (Å²) < 4.78 is 19.1. The van der Waals surface area contributed by atoms with Crippen molar-refractivity contribution in [1.82, 2.24) is 4.90 Å². The van der Waals surface area contributed by atoms with Crippen molar-refractivity contribution in [2.75, 3.05) is 7.11 Å². The van der Waals surface area contributed by atoms with Gasteiger partial charge in [-0.25, -0.2) is 9.18 Å². The van der Waals surface area contributed by atoms with E-state index >= 15 is 0 Å². The minimum absolute atomic E-state index is 0.0783. The summed E-state index contributed by atoms with van der Waals surface area (Å²) in [5.41, 5.74) is 1.94. The number of carbonyl (C=O) groups excluding carboxylic acids is 2. The van der Waals surface area contributed by atoms with E-state index in [9.17, 15) is 14.0 Å². The molecule has 0 saturated heterocycles. The van der Waals surface area contributed by atoms with Crippen molar-refractivity contribution < 1.29 is 18.7 Å². The smallest absolute Gasteiger partial charge is 0.340 e. The van der Waals surface area contributed by atoms with Gasteiger partial charge in [-0.3, -0.25) is 4.79 Å². The van der Waals surface area contributed by atoms with Crippen molar-refractivity contribution in [1.29, 1.82) is 0 Å². The van der Waals surface area contributed by atoms with Gasteiger partial charge in [-0.1, -0.05) is 23.7 Å². The molecule has 6 heteroatoms. The van der Waals surface area contributed by atoms with E-state index < -0.39 is 11.8 Å². The number of fused-ring (bicyclic) bond motifs is 1. The van der Waals surface area contributed by atoms with Crippen LogP contribution in [0.5, 0.6) is 0 Å². The average molecular weight is 390 g/mol. The Balaban J connectivity index is 2.01. The summed E-state index contributed by atoms with van der Waals surface area (Å²) in [5.74, 6) is -1.53. The highest BCUT2D eigenvalue weighted by atomic mass is 35.5. The van der Waals surface area contributed by atoms with Crippen LogP contribution in [0.4, 0.5) is 4.39 Å². The first-order chi connectivity index (χ1) is 12.8. The Labute approximate surface area is 162 Å². The number of hydrogen-bond acceptors (Lipinski definition) is 3. The summed E-state index contributed by atoms with van der Waals surface area (Å²) in [4.78, 5) is 26.7. The lowest BCUT2D eigenvalue weighted by molar-refractivity contribution is 0.0587. The molecule has 0 fully saturated rings. The molecule has 0 spiro atoms. The standard InChI is InChI=1S/C21H21ClFNO3/c1-12(2)24(20(25)14-6-4-5-7-17(14)22)19-9-8-13-10-16(21(26)27-3)18(23)11-15(13)19/h4-7,10-12,19H,8-9H2,1-3H3/t19-/m1/s1. The monoisotopic (exact) mass is 389 g/mol. The molecular formula is C21H21ClFNO3. The molecule has 0 unspecified atom stereocenters. The topological polar surface area (TPSA) is 46.6 Å². The van der Waals surface area contributed by atoms with Crippen molar-refractivity contribution in [3.8, 4) is 0 Å². The van der Waals surface area contributed by atoms with E-state index in [1.165, 1.54) is 19.2 Å². The second kappa shape index (κ2) is 7.69. The van der Waals surface area contributed by atoms with E-state index in [1.807, 2.05) is 13.8 Å². The van der Waals surface area contributed by atoms with Crippen molar-refractivity contribution in [3.63, 3.8) is 0 Å². The summed E-state index contributed by atoms with van der Waals surface area (Å²) >= 11 is 6.21. The van der Waals surface area contributed by atoms with Gasteiger partial charge in [-0.05, 0) is 62.1 Å². The number of ether oxygens (including phenoxy) is 1. The number of amides is 1. The Morgan fingerprint density at radius 2 is 1.93 bits per heavy atom. The van der Waals surface area contributed by atoms with E-state index in [-0.39, 0.29) is 23.6 Å². The van der Waals surface area contributed by atoms with Crippen molar-refractivity contribution in [3.05, 3.63) is 69.5 Å². The lowest BCUT2D eigenvalue weighted by Crippen LogP contribution is -2.39. The maximum atomic E-state index is 14.5. The third-order valence-corrected chi connectivity index (χ3v) is 5.24. The quantitative estimate of drug-likeness (QED) is 0.705. The molecule has 1 aliphatic rings. The number of rotatable bonds is 4. The molecule has 0 N–H and O–H groups in total. The number of nitrogens with zero attached hydrogens (tertiary/aromatic N) is 1. The van der Waals surface area contributed by atoms with Gasteiger partial charge in [0.25, 0.3) is 5.91 Å². The molecule has 4 nitrogen and oxygen atoms in total. The summed E-state index contributed by atoms with van der Waals surface area (Å²) in [5, 5.41) is 0.388. The first-order valence-corrected chi connectivity index (χ1v) is 9.20. The maximum absolute atomic E-state index is 14.5. The first kappa shape index (κ1) is 19.4. The summed E-state index contributed by atoms with van der Waals surface area (Å²) in [6.07, 6.45) is 1.32. The largest absolute Gasteiger partial charge is 0.465 e. The lowest BCUT2D eigenvalue weighted by atomic mass is 10.0. The molecule has 2 aromatic carbocycles. The van der Waals surface area contributed by atoms with Crippen LogP contribution < -0.4 is 0 Å². The molecule has 27 heavy (non-hydrogen) atoms. The summed E-state index contributed by atoms with van der Waals surface area (Å²) in [7, 11) is 1.22. The highest BCUT2D eigenvalue weighted by molar-refractivity contribution is 6.33. The van der Waals surface area contributed by atoms with Gasteiger partial charge < -0.3 is 9.64 Å². The molecule has 0 aromatic heterocycles. The van der Waals surface area contributed by atoms with Crippen LogP contribution in [-0.2, 0) is 11.2 Å². The highest BCUT2D eigenvalue weighted by Crippen LogP contribution is 2.39. The van der Waals surface area contributed by atoms with Crippen LogP contribution in [-0.4, -0.2) is 29.9 Å². The number of esters is 1. The molecule has 0 bridgehead atoms. The fraction of sp³-hybridized carbons (Fsp3) is 0.333. The second-order valence-corrected chi connectivity index (χ2v) is 7.27. The van der Waals surface area contributed by atoms with Gasteiger partial charge in [0.15, 0.2) is 0 Å². The molecule has 142 valence electrons. The van der Waals surface area contributed by atoms with Crippen molar-refractivity contribution in [2.45, 2.75) is 38.8 Å². The molecular weight excluding hydrogens is 369 g/mol. The molecule has 1 atom stereocenters. The fourth-order valence-electron chi connectivity index (χ4n) is 3.67. The predicted molar refractivity (Wildman–Crippen MR) is 102 cm³/mol. The van der Waals surface area contributed by atoms with E-state index in [1.54, 1.807) is 29.2 Å². The number of methoxy groups -OCH3 is 1. The van der Waals surface area contributed by atoms with E-state index in [4.69, 9.17) is 11.6 Å². The molecule has 0 saturated carbocycles. The Bertz CT molecular complexity index is 897. The van der Waals surface area contributed by atoms with Crippen LogP contribution >= 0.6 is 11.6 Å². The Kier molecular flexibility index (Phi) is 5.51. The zero-order valence-corrected chi connectivity index (χ0v) is 16.2. The van der Waals surface area contributed by atoms with E-state index in [0.29, 0.717) is 23.4 Å². The number of benzene rings is 2. The minimum Gasteiger partial charge on any atom is -0.465 e. The average Bonchev–Trinajstić information content (AvgIpc) is 3.03. The van der Waals surface area contributed by atoms with Gasteiger partial charge in [-0.15, -0.1) is 0 Å². The number of carbonyl (C=O) groups is 2. The predicted octanol–water partition coefficient (Wildman–Crippen LogP) is 4.80. The maximum Gasteiger partial charge on any atom is 0.340 e. The van der Waals surface area contributed by atoms with Crippen LogP contribution in [0.1, 0.15) is 58.2 Å². The van der Waals surface area contributed by atoms with Gasteiger partial charge in [-0.2, -0.15) is 0 Å². The van der Waals surface area contributed by atoms with Crippen LogP contribution in [0.25, 0.3) is 0 Å². The Morgan fingerprint density at radius 3 is 2.56 bits per heavy atom. The molecule has 1 amide bonds. The fourth-order valence-corrected chi connectivity index (χ4v) is 3.89. The minimum atomic E-state index is -0.702. The zero-order valence-electron chi connectivity index (χ0n) is 15.5. The van der Waals surface area contributed by atoms with Crippen molar-refractivity contribution >= 4 is 23.5 Å². The van der Waals surface area contributed by atoms with Crippen LogP contribution in [0.15, 0.2) is 36.4 Å². The number of halogens is 2. The van der Waals surface area contributed by atoms with Crippen LogP contribution in [0, 0.1) is 5.82 Å². The zero-order chi connectivity index (χ0) is 19.7. The van der Waals surface area contributed by atoms with Gasteiger partial charge in [0, 0.05) is 6.04 Å². The van der Waals surface area contributed by atoms with E-state index in [0.717, 1.165) is 11.1 Å². The van der Waals surface area contributed by atoms with Gasteiger partial charge >= 0.3 is 5.97 Å². The summed E-state index contributed by atoms with van der Waals surface area (Å²) in [6.45, 7) is 3.85. The third-order valence-electron chi connectivity index (χ3n) is 4.91. The van der Waals surface area contributed by atoms with Crippen LogP contribution in [0.2, 0.25) is 5.02 Å². The van der Waals surface area contributed by atoms with E-state index in [2.05, 4.69) is 4.74 Å². The van der Waals surface area contributed by atoms with Gasteiger partial charge in [0.05, 0.1) is 29.3 Å².